The van der Waals surface area contributed by atoms with Gasteiger partial charge in [0, 0.05) is 23.0 Å². The van der Waals surface area contributed by atoms with Crippen LogP contribution in [0.25, 0.3) is 0 Å². The standard InChI is InChI=1S/C12H14ClNO/c13-9-2-3-10-11(6-9)15-8-12(7-14-10)4-1-5-12/h2-3,6,14H,1,4-5,7-8H2. The predicted molar refractivity (Wildman–Crippen MR) is 61.7 cm³/mol. The van der Waals surface area contributed by atoms with E-state index in [4.69, 9.17) is 16.3 Å². The molecule has 0 amide bonds. The van der Waals surface area contributed by atoms with Gasteiger partial charge in [0.2, 0.25) is 0 Å². The number of halogens is 1. The summed E-state index contributed by atoms with van der Waals surface area (Å²) in [6.07, 6.45) is 3.89. The Labute approximate surface area is 94.6 Å². The zero-order chi connectivity index (χ0) is 10.3. The number of hydrogen-bond donors (Lipinski definition) is 1. The topological polar surface area (TPSA) is 21.3 Å². The van der Waals surface area contributed by atoms with Gasteiger partial charge < -0.3 is 10.1 Å². The van der Waals surface area contributed by atoms with Gasteiger partial charge in [-0.15, -0.1) is 0 Å². The molecule has 3 heteroatoms. The van der Waals surface area contributed by atoms with Gasteiger partial charge in [-0.05, 0) is 25.0 Å². The summed E-state index contributed by atoms with van der Waals surface area (Å²) in [4.78, 5) is 0. The van der Waals surface area contributed by atoms with Gasteiger partial charge in [-0.25, -0.2) is 0 Å². The van der Waals surface area contributed by atoms with Gasteiger partial charge in [-0.1, -0.05) is 18.0 Å². The molecule has 1 fully saturated rings. The normalized spacial score (nSPS) is 21.9. The van der Waals surface area contributed by atoms with Crippen LogP contribution in [0.5, 0.6) is 5.75 Å². The maximum Gasteiger partial charge on any atom is 0.143 e. The molecule has 0 unspecified atom stereocenters. The quantitative estimate of drug-likeness (QED) is 0.729. The third kappa shape index (κ3) is 1.57. The maximum absolute atomic E-state index is 5.94. The highest BCUT2D eigenvalue weighted by atomic mass is 35.5. The fourth-order valence-electron chi connectivity index (χ4n) is 2.32. The van der Waals surface area contributed by atoms with E-state index in [0.717, 1.165) is 29.6 Å². The van der Waals surface area contributed by atoms with E-state index in [1.165, 1.54) is 19.3 Å². The van der Waals surface area contributed by atoms with Gasteiger partial charge in [-0.2, -0.15) is 0 Å². The van der Waals surface area contributed by atoms with Crippen LogP contribution < -0.4 is 10.1 Å². The lowest BCUT2D eigenvalue weighted by molar-refractivity contribution is 0.0766. The van der Waals surface area contributed by atoms with Crippen molar-refractivity contribution in [3.05, 3.63) is 23.2 Å². The number of ether oxygens (including phenoxy) is 1. The summed E-state index contributed by atoms with van der Waals surface area (Å²) in [5.74, 6) is 0.895. The smallest absolute Gasteiger partial charge is 0.143 e. The van der Waals surface area contributed by atoms with Crippen LogP contribution in [0.4, 0.5) is 5.69 Å². The first-order valence-electron chi connectivity index (χ1n) is 5.44. The predicted octanol–water partition coefficient (Wildman–Crippen LogP) is 3.31. The number of anilines is 1. The van der Waals surface area contributed by atoms with Crippen LogP contribution >= 0.6 is 11.6 Å². The van der Waals surface area contributed by atoms with Crippen molar-refractivity contribution < 1.29 is 4.74 Å². The molecule has 0 radical (unpaired) electrons. The Bertz CT molecular complexity index is 387. The van der Waals surface area contributed by atoms with E-state index in [-0.39, 0.29) is 0 Å². The van der Waals surface area contributed by atoms with Crippen LogP contribution in [0.1, 0.15) is 19.3 Å². The Kier molecular flexibility index (Phi) is 2.06. The molecule has 2 aliphatic rings. The summed E-state index contributed by atoms with van der Waals surface area (Å²) < 4.78 is 5.84. The summed E-state index contributed by atoms with van der Waals surface area (Å²) >= 11 is 5.94. The summed E-state index contributed by atoms with van der Waals surface area (Å²) in [5.41, 5.74) is 1.45. The number of hydrogen-bond acceptors (Lipinski definition) is 2. The molecule has 1 heterocycles. The molecule has 15 heavy (non-hydrogen) atoms. The van der Waals surface area contributed by atoms with Crippen molar-refractivity contribution >= 4 is 17.3 Å². The molecule has 1 N–H and O–H groups in total. The van der Waals surface area contributed by atoms with Gasteiger partial charge in [0.05, 0.1) is 12.3 Å². The Balaban J connectivity index is 1.88. The fraction of sp³-hybridized carbons (Fsp3) is 0.500. The van der Waals surface area contributed by atoms with Gasteiger partial charge in [0.1, 0.15) is 5.75 Å². The van der Waals surface area contributed by atoms with Crippen LogP contribution in [-0.4, -0.2) is 13.2 Å². The van der Waals surface area contributed by atoms with Gasteiger partial charge in [0.15, 0.2) is 0 Å². The zero-order valence-electron chi connectivity index (χ0n) is 8.55. The molecule has 1 aromatic carbocycles. The van der Waals surface area contributed by atoms with Gasteiger partial charge in [0.25, 0.3) is 0 Å². The molecule has 0 saturated heterocycles. The van der Waals surface area contributed by atoms with Crippen molar-refractivity contribution in [2.24, 2.45) is 5.41 Å². The number of fused-ring (bicyclic) bond motifs is 1. The van der Waals surface area contributed by atoms with Crippen molar-refractivity contribution in [1.82, 2.24) is 0 Å². The van der Waals surface area contributed by atoms with E-state index < -0.39 is 0 Å². The first-order valence-corrected chi connectivity index (χ1v) is 5.82. The number of benzene rings is 1. The maximum atomic E-state index is 5.94. The second-order valence-corrected chi connectivity index (χ2v) is 5.07. The Hall–Kier alpha value is -0.890. The molecule has 0 aromatic heterocycles. The molecule has 2 nitrogen and oxygen atoms in total. The molecule has 1 aromatic rings. The average molecular weight is 224 g/mol. The number of rotatable bonds is 0. The minimum Gasteiger partial charge on any atom is -0.491 e. The van der Waals surface area contributed by atoms with E-state index in [0.29, 0.717) is 5.41 Å². The van der Waals surface area contributed by atoms with E-state index in [9.17, 15) is 0 Å². The Morgan fingerprint density at radius 3 is 2.93 bits per heavy atom. The Morgan fingerprint density at radius 2 is 2.20 bits per heavy atom. The molecular weight excluding hydrogens is 210 g/mol. The highest BCUT2D eigenvalue weighted by molar-refractivity contribution is 6.30. The van der Waals surface area contributed by atoms with Crippen molar-refractivity contribution in [3.8, 4) is 5.75 Å². The summed E-state index contributed by atoms with van der Waals surface area (Å²) in [7, 11) is 0. The second kappa shape index (κ2) is 3.31. The van der Waals surface area contributed by atoms with Crippen molar-refractivity contribution in [3.63, 3.8) is 0 Å². The highest BCUT2D eigenvalue weighted by Gasteiger charge is 2.39. The molecule has 0 atom stereocenters. The average Bonchev–Trinajstić information content (AvgIpc) is 2.36. The van der Waals surface area contributed by atoms with Gasteiger partial charge >= 0.3 is 0 Å². The van der Waals surface area contributed by atoms with Crippen LogP contribution in [0.3, 0.4) is 0 Å². The molecular formula is C12H14ClNO. The minimum absolute atomic E-state index is 0.380. The summed E-state index contributed by atoms with van der Waals surface area (Å²) in [5, 5.41) is 4.20. The Morgan fingerprint density at radius 1 is 1.33 bits per heavy atom. The largest absolute Gasteiger partial charge is 0.491 e. The van der Waals surface area contributed by atoms with E-state index in [1.54, 1.807) is 0 Å². The molecule has 80 valence electrons. The van der Waals surface area contributed by atoms with Crippen LogP contribution in [0, 0.1) is 5.41 Å². The molecule has 3 rings (SSSR count). The summed E-state index contributed by atoms with van der Waals surface area (Å²) in [6, 6.07) is 5.78. The lowest BCUT2D eigenvalue weighted by Gasteiger charge is -2.40. The zero-order valence-corrected chi connectivity index (χ0v) is 9.31. The van der Waals surface area contributed by atoms with E-state index in [2.05, 4.69) is 5.32 Å². The van der Waals surface area contributed by atoms with Gasteiger partial charge in [-0.3, -0.25) is 0 Å². The fourth-order valence-corrected chi connectivity index (χ4v) is 2.49. The molecule has 1 spiro atoms. The summed E-state index contributed by atoms with van der Waals surface area (Å²) in [6.45, 7) is 1.86. The monoisotopic (exact) mass is 223 g/mol. The highest BCUT2D eigenvalue weighted by Crippen LogP contribution is 2.44. The van der Waals surface area contributed by atoms with E-state index >= 15 is 0 Å². The lowest BCUT2D eigenvalue weighted by Crippen LogP contribution is -2.40. The van der Waals surface area contributed by atoms with E-state index in [1.807, 2.05) is 18.2 Å². The lowest BCUT2D eigenvalue weighted by atomic mass is 9.69. The van der Waals surface area contributed by atoms with Crippen molar-refractivity contribution in [2.75, 3.05) is 18.5 Å². The van der Waals surface area contributed by atoms with Crippen LogP contribution in [-0.2, 0) is 0 Å². The van der Waals surface area contributed by atoms with Crippen LogP contribution in [0.2, 0.25) is 5.02 Å². The molecule has 1 aliphatic heterocycles. The molecule has 0 bridgehead atoms. The SMILES string of the molecule is Clc1ccc2c(c1)OCC1(CCC1)CN2. The van der Waals surface area contributed by atoms with Crippen molar-refractivity contribution in [2.45, 2.75) is 19.3 Å². The second-order valence-electron chi connectivity index (χ2n) is 4.64. The van der Waals surface area contributed by atoms with Crippen molar-refractivity contribution in [1.29, 1.82) is 0 Å². The number of nitrogens with one attached hydrogen (secondary N) is 1. The minimum atomic E-state index is 0.380. The molecule has 1 saturated carbocycles. The first kappa shape index (κ1) is 9.34. The molecule has 1 aliphatic carbocycles. The first-order chi connectivity index (χ1) is 7.27. The third-order valence-corrected chi connectivity index (χ3v) is 3.78. The van der Waals surface area contributed by atoms with Crippen LogP contribution in [0.15, 0.2) is 18.2 Å². The third-order valence-electron chi connectivity index (χ3n) is 3.55.